The van der Waals surface area contributed by atoms with Gasteiger partial charge in [0.2, 0.25) is 0 Å². The van der Waals surface area contributed by atoms with Crippen molar-refractivity contribution in [3.63, 3.8) is 0 Å². The zero-order valence-corrected chi connectivity index (χ0v) is 7.43. The number of hydrogen-bond acceptors (Lipinski definition) is 4. The van der Waals surface area contributed by atoms with E-state index in [4.69, 9.17) is 5.73 Å². The third kappa shape index (κ3) is 1.22. The minimum absolute atomic E-state index is 0.0119. The van der Waals surface area contributed by atoms with Crippen LogP contribution >= 0.6 is 0 Å². The first kappa shape index (κ1) is 8.96. The highest BCUT2D eigenvalue weighted by Crippen LogP contribution is 2.38. The summed E-state index contributed by atoms with van der Waals surface area (Å²) in [4.78, 5) is 9.99. The Hall–Kier alpha value is -1.62. The number of phenolic OH excluding ortho intramolecular Hbond substituents is 1. The number of nitrogens with two attached hydrogens (primary N) is 1. The number of benzene rings is 1. The van der Waals surface area contributed by atoms with Crippen molar-refractivity contribution in [3.05, 3.63) is 33.4 Å². The lowest BCUT2D eigenvalue weighted by Crippen LogP contribution is -2.05. The first-order chi connectivity index (χ1) is 6.59. The average Bonchev–Trinajstić information content (AvgIpc) is 2.48. The number of non-ortho nitro benzene ring substituents is 1. The summed E-state index contributed by atoms with van der Waals surface area (Å²) in [5, 5.41) is 20.0. The molecule has 1 aromatic rings. The zero-order valence-electron chi connectivity index (χ0n) is 7.43. The molecule has 0 unspecified atom stereocenters. The van der Waals surface area contributed by atoms with Gasteiger partial charge in [0, 0.05) is 12.1 Å². The van der Waals surface area contributed by atoms with Crippen molar-refractivity contribution < 1.29 is 10.0 Å². The molecule has 0 aliphatic heterocycles. The summed E-state index contributed by atoms with van der Waals surface area (Å²) in [7, 11) is 0. The number of nitro groups is 1. The summed E-state index contributed by atoms with van der Waals surface area (Å²) in [6, 6.07) is 2.44. The van der Waals surface area contributed by atoms with Gasteiger partial charge in [-0.3, -0.25) is 10.1 Å². The predicted molar refractivity (Wildman–Crippen MR) is 50.0 cm³/mol. The van der Waals surface area contributed by atoms with Gasteiger partial charge >= 0.3 is 0 Å². The molecule has 0 heterocycles. The molecule has 2 rings (SSSR count). The number of phenols is 1. The molecular weight excluding hydrogens is 184 g/mol. The van der Waals surface area contributed by atoms with Crippen LogP contribution in [0.1, 0.15) is 23.6 Å². The van der Waals surface area contributed by atoms with E-state index < -0.39 is 4.92 Å². The lowest BCUT2D eigenvalue weighted by molar-refractivity contribution is -0.385. The second-order valence-electron chi connectivity index (χ2n) is 3.43. The second kappa shape index (κ2) is 2.95. The van der Waals surface area contributed by atoms with Crippen LogP contribution in [0.15, 0.2) is 12.1 Å². The maximum atomic E-state index is 10.5. The van der Waals surface area contributed by atoms with Crippen molar-refractivity contribution in [2.45, 2.75) is 18.9 Å². The lowest BCUT2D eigenvalue weighted by Gasteiger charge is -2.05. The van der Waals surface area contributed by atoms with E-state index in [9.17, 15) is 15.2 Å². The van der Waals surface area contributed by atoms with Crippen LogP contribution in [0, 0.1) is 10.1 Å². The zero-order chi connectivity index (χ0) is 10.3. The molecule has 0 fully saturated rings. The van der Waals surface area contributed by atoms with Crippen molar-refractivity contribution in [1.29, 1.82) is 0 Å². The van der Waals surface area contributed by atoms with Gasteiger partial charge in [-0.15, -0.1) is 0 Å². The van der Waals surface area contributed by atoms with Crippen molar-refractivity contribution >= 4 is 5.69 Å². The van der Waals surface area contributed by atoms with E-state index in [-0.39, 0.29) is 17.5 Å². The maximum absolute atomic E-state index is 10.5. The predicted octanol–water partition coefficient (Wildman–Crippen LogP) is 1.25. The Morgan fingerprint density at radius 2 is 2.29 bits per heavy atom. The molecule has 14 heavy (non-hydrogen) atoms. The smallest absolute Gasteiger partial charge is 0.273 e. The summed E-state index contributed by atoms with van der Waals surface area (Å²) in [5.41, 5.74) is 7.11. The van der Waals surface area contributed by atoms with E-state index >= 15 is 0 Å². The Balaban J connectivity index is 2.58. The molecule has 0 amide bonds. The number of hydrogen-bond donors (Lipinski definition) is 2. The number of fused-ring (bicyclic) bond motifs is 1. The normalized spacial score (nSPS) is 19.4. The van der Waals surface area contributed by atoms with Crippen LogP contribution in [0.2, 0.25) is 0 Å². The second-order valence-corrected chi connectivity index (χ2v) is 3.43. The Morgan fingerprint density at radius 3 is 2.93 bits per heavy atom. The SMILES string of the molecule is N[C@H]1CCc2c(O)cc([N+](=O)[O-])cc21. The fourth-order valence-corrected chi connectivity index (χ4v) is 1.83. The van der Waals surface area contributed by atoms with Crippen LogP contribution in [0.5, 0.6) is 5.75 Å². The number of nitro benzene ring substituents is 1. The molecule has 5 heteroatoms. The van der Waals surface area contributed by atoms with Crippen LogP contribution in [-0.4, -0.2) is 10.0 Å². The van der Waals surface area contributed by atoms with Gasteiger partial charge in [-0.05, 0) is 24.0 Å². The van der Waals surface area contributed by atoms with Gasteiger partial charge in [-0.25, -0.2) is 0 Å². The quantitative estimate of drug-likeness (QED) is 0.520. The van der Waals surface area contributed by atoms with Gasteiger partial charge in [0.1, 0.15) is 5.75 Å². The van der Waals surface area contributed by atoms with E-state index in [0.29, 0.717) is 12.0 Å². The highest BCUT2D eigenvalue weighted by molar-refractivity contribution is 5.52. The number of nitrogens with zero attached hydrogens (tertiary/aromatic N) is 1. The van der Waals surface area contributed by atoms with Gasteiger partial charge in [-0.2, -0.15) is 0 Å². The molecule has 0 spiro atoms. The Morgan fingerprint density at radius 1 is 1.57 bits per heavy atom. The van der Waals surface area contributed by atoms with Crippen LogP contribution < -0.4 is 5.73 Å². The highest BCUT2D eigenvalue weighted by atomic mass is 16.6. The Bertz CT molecular complexity index is 403. The first-order valence-corrected chi connectivity index (χ1v) is 4.35. The van der Waals surface area contributed by atoms with Gasteiger partial charge in [0.15, 0.2) is 0 Å². The molecule has 0 bridgehead atoms. The molecule has 1 atom stereocenters. The molecule has 74 valence electrons. The third-order valence-corrected chi connectivity index (χ3v) is 2.56. The molecule has 0 saturated carbocycles. The standard InChI is InChI=1S/C9H10N2O3/c10-8-2-1-6-7(8)3-5(11(13)14)4-9(6)12/h3-4,8,12H,1-2,10H2/t8-/m0/s1. The fourth-order valence-electron chi connectivity index (χ4n) is 1.83. The van der Waals surface area contributed by atoms with E-state index in [1.165, 1.54) is 12.1 Å². The molecule has 1 aromatic carbocycles. The Labute approximate surface area is 80.3 Å². The van der Waals surface area contributed by atoms with E-state index in [1.807, 2.05) is 0 Å². The molecule has 3 N–H and O–H groups in total. The van der Waals surface area contributed by atoms with Crippen molar-refractivity contribution in [2.24, 2.45) is 5.73 Å². The summed E-state index contributed by atoms with van der Waals surface area (Å²) in [5.74, 6) is -0.0119. The largest absolute Gasteiger partial charge is 0.507 e. The maximum Gasteiger partial charge on any atom is 0.273 e. The van der Waals surface area contributed by atoms with Crippen molar-refractivity contribution in [3.8, 4) is 5.75 Å². The number of aromatic hydroxyl groups is 1. The van der Waals surface area contributed by atoms with Gasteiger partial charge in [0.25, 0.3) is 5.69 Å². The minimum atomic E-state index is -0.523. The van der Waals surface area contributed by atoms with Gasteiger partial charge < -0.3 is 10.8 Å². The average molecular weight is 194 g/mol. The van der Waals surface area contributed by atoms with Crippen LogP contribution in [-0.2, 0) is 6.42 Å². The third-order valence-electron chi connectivity index (χ3n) is 2.56. The molecular formula is C9H10N2O3. The van der Waals surface area contributed by atoms with Crippen molar-refractivity contribution in [2.75, 3.05) is 0 Å². The summed E-state index contributed by atoms with van der Waals surface area (Å²) < 4.78 is 0. The first-order valence-electron chi connectivity index (χ1n) is 4.35. The molecule has 0 saturated heterocycles. The van der Waals surface area contributed by atoms with Crippen LogP contribution in [0.4, 0.5) is 5.69 Å². The van der Waals surface area contributed by atoms with E-state index in [2.05, 4.69) is 0 Å². The lowest BCUT2D eigenvalue weighted by atomic mass is 10.1. The molecule has 0 radical (unpaired) electrons. The van der Waals surface area contributed by atoms with E-state index in [0.717, 1.165) is 12.0 Å². The number of rotatable bonds is 1. The molecule has 1 aliphatic rings. The highest BCUT2D eigenvalue weighted by Gasteiger charge is 2.25. The summed E-state index contributed by atoms with van der Waals surface area (Å²) >= 11 is 0. The topological polar surface area (TPSA) is 89.4 Å². The Kier molecular flexibility index (Phi) is 1.89. The van der Waals surface area contributed by atoms with E-state index in [1.54, 1.807) is 0 Å². The molecule has 1 aliphatic carbocycles. The summed E-state index contributed by atoms with van der Waals surface area (Å²) in [6.45, 7) is 0. The minimum Gasteiger partial charge on any atom is -0.507 e. The van der Waals surface area contributed by atoms with Crippen LogP contribution in [0.25, 0.3) is 0 Å². The van der Waals surface area contributed by atoms with Crippen molar-refractivity contribution in [1.82, 2.24) is 0 Å². The van der Waals surface area contributed by atoms with Gasteiger partial charge in [0.05, 0.1) is 11.0 Å². The molecule has 0 aromatic heterocycles. The monoisotopic (exact) mass is 194 g/mol. The van der Waals surface area contributed by atoms with Crippen LogP contribution in [0.3, 0.4) is 0 Å². The molecule has 5 nitrogen and oxygen atoms in total. The fraction of sp³-hybridized carbons (Fsp3) is 0.333. The van der Waals surface area contributed by atoms with Gasteiger partial charge in [-0.1, -0.05) is 0 Å². The summed E-state index contributed by atoms with van der Waals surface area (Å²) in [6.07, 6.45) is 1.43.